The molecule has 0 aliphatic carbocycles. The van der Waals surface area contributed by atoms with Crippen LogP contribution in [0.25, 0.3) is 0 Å². The van der Waals surface area contributed by atoms with Crippen molar-refractivity contribution in [1.82, 2.24) is 0 Å². The summed E-state index contributed by atoms with van der Waals surface area (Å²) in [5.41, 5.74) is -0.934. The Morgan fingerprint density at radius 1 is 1.33 bits per heavy atom. The Balaban J connectivity index is 2.81. The van der Waals surface area contributed by atoms with Gasteiger partial charge in [-0.05, 0) is 39.0 Å². The predicted octanol–water partition coefficient (Wildman–Crippen LogP) is 3.34. The summed E-state index contributed by atoms with van der Waals surface area (Å²) in [6.45, 7) is 5.73. The van der Waals surface area contributed by atoms with Gasteiger partial charge in [-0.25, -0.2) is 0 Å². The predicted molar refractivity (Wildman–Crippen MR) is 72.2 cm³/mol. The van der Waals surface area contributed by atoms with E-state index in [9.17, 15) is 4.79 Å². The number of carboxylic acids is 1. The molecular formula is C13H17BrO4. The third kappa shape index (κ3) is 3.91. The highest BCUT2D eigenvalue weighted by Crippen LogP contribution is 2.31. The van der Waals surface area contributed by atoms with Crippen LogP contribution < -0.4 is 9.47 Å². The van der Waals surface area contributed by atoms with Crippen LogP contribution in [0, 0.1) is 5.41 Å². The minimum Gasteiger partial charge on any atom is -0.490 e. The molecule has 0 aliphatic heterocycles. The molecule has 0 saturated heterocycles. The van der Waals surface area contributed by atoms with Gasteiger partial charge < -0.3 is 14.6 Å². The summed E-state index contributed by atoms with van der Waals surface area (Å²) in [6.07, 6.45) is 0. The van der Waals surface area contributed by atoms with Crippen LogP contribution in [-0.4, -0.2) is 24.3 Å². The van der Waals surface area contributed by atoms with E-state index in [0.717, 1.165) is 4.47 Å². The van der Waals surface area contributed by atoms with Crippen molar-refractivity contribution < 1.29 is 19.4 Å². The van der Waals surface area contributed by atoms with Crippen LogP contribution in [0.2, 0.25) is 0 Å². The lowest BCUT2D eigenvalue weighted by molar-refractivity contribution is -0.148. The van der Waals surface area contributed by atoms with Gasteiger partial charge in [-0.2, -0.15) is 0 Å². The number of ether oxygens (including phenoxy) is 2. The van der Waals surface area contributed by atoms with Crippen molar-refractivity contribution in [2.45, 2.75) is 20.8 Å². The van der Waals surface area contributed by atoms with Crippen molar-refractivity contribution in [3.63, 3.8) is 0 Å². The molecule has 1 rings (SSSR count). The molecule has 1 aromatic carbocycles. The molecule has 18 heavy (non-hydrogen) atoms. The van der Waals surface area contributed by atoms with Gasteiger partial charge in [0, 0.05) is 4.47 Å². The quantitative estimate of drug-likeness (QED) is 0.874. The highest BCUT2D eigenvalue weighted by atomic mass is 79.9. The van der Waals surface area contributed by atoms with Crippen LogP contribution in [0.4, 0.5) is 0 Å². The molecule has 0 heterocycles. The number of rotatable bonds is 6. The molecule has 0 unspecified atom stereocenters. The van der Waals surface area contributed by atoms with Crippen LogP contribution in [0.3, 0.4) is 0 Å². The second-order valence-corrected chi connectivity index (χ2v) is 5.42. The molecule has 4 nitrogen and oxygen atoms in total. The Kier molecular flexibility index (Phi) is 5.02. The first-order chi connectivity index (χ1) is 8.36. The molecule has 5 heteroatoms. The van der Waals surface area contributed by atoms with E-state index in [1.54, 1.807) is 26.0 Å². The van der Waals surface area contributed by atoms with Gasteiger partial charge in [0.05, 0.1) is 12.0 Å². The SMILES string of the molecule is CCOc1cc(Br)ccc1OCC(C)(C)C(=O)O. The zero-order valence-electron chi connectivity index (χ0n) is 10.7. The second kappa shape index (κ2) is 6.09. The van der Waals surface area contributed by atoms with Crippen LogP contribution in [0.15, 0.2) is 22.7 Å². The number of hydrogen-bond donors (Lipinski definition) is 1. The fourth-order valence-corrected chi connectivity index (χ4v) is 1.53. The topological polar surface area (TPSA) is 55.8 Å². The molecule has 0 bridgehead atoms. The van der Waals surface area contributed by atoms with E-state index in [1.165, 1.54) is 0 Å². The summed E-state index contributed by atoms with van der Waals surface area (Å²) in [7, 11) is 0. The largest absolute Gasteiger partial charge is 0.490 e. The molecule has 1 N–H and O–H groups in total. The molecule has 0 saturated carbocycles. The van der Waals surface area contributed by atoms with Crippen LogP contribution in [0.5, 0.6) is 11.5 Å². The van der Waals surface area contributed by atoms with E-state index in [1.807, 2.05) is 13.0 Å². The van der Waals surface area contributed by atoms with Gasteiger partial charge in [0.1, 0.15) is 6.61 Å². The van der Waals surface area contributed by atoms with Gasteiger partial charge in [-0.1, -0.05) is 15.9 Å². The first-order valence-electron chi connectivity index (χ1n) is 5.65. The van der Waals surface area contributed by atoms with Crippen molar-refractivity contribution in [2.75, 3.05) is 13.2 Å². The number of carboxylic acid groups (broad SMARTS) is 1. The third-order valence-electron chi connectivity index (χ3n) is 2.37. The molecular weight excluding hydrogens is 300 g/mol. The number of hydrogen-bond acceptors (Lipinski definition) is 3. The number of benzene rings is 1. The summed E-state index contributed by atoms with van der Waals surface area (Å²) in [4.78, 5) is 11.0. The molecule has 0 radical (unpaired) electrons. The normalized spacial score (nSPS) is 11.1. The highest BCUT2D eigenvalue weighted by molar-refractivity contribution is 9.10. The number of carbonyl (C=O) groups is 1. The summed E-state index contributed by atoms with van der Waals surface area (Å²) in [5, 5.41) is 9.02. The standard InChI is InChI=1S/C13H17BrO4/c1-4-17-11-7-9(14)5-6-10(11)18-8-13(2,3)12(15)16/h5-7H,4,8H2,1-3H3,(H,15,16). The smallest absolute Gasteiger partial charge is 0.312 e. The van der Waals surface area contributed by atoms with E-state index in [4.69, 9.17) is 14.6 Å². The van der Waals surface area contributed by atoms with Gasteiger partial charge >= 0.3 is 5.97 Å². The van der Waals surface area contributed by atoms with Crippen LogP contribution in [-0.2, 0) is 4.79 Å². The van der Waals surface area contributed by atoms with Crippen molar-refractivity contribution >= 4 is 21.9 Å². The fraction of sp³-hybridized carbons (Fsp3) is 0.462. The number of aliphatic carboxylic acids is 1. The van der Waals surface area contributed by atoms with Crippen molar-refractivity contribution in [2.24, 2.45) is 5.41 Å². The van der Waals surface area contributed by atoms with Gasteiger partial charge in [0.15, 0.2) is 11.5 Å². The van der Waals surface area contributed by atoms with E-state index >= 15 is 0 Å². The molecule has 0 fully saturated rings. The summed E-state index contributed by atoms with van der Waals surface area (Å²) < 4.78 is 11.9. The molecule has 0 amide bonds. The Labute approximate surface area is 115 Å². The zero-order chi connectivity index (χ0) is 13.8. The maximum absolute atomic E-state index is 11.0. The van der Waals surface area contributed by atoms with E-state index in [0.29, 0.717) is 18.1 Å². The van der Waals surface area contributed by atoms with Crippen molar-refractivity contribution in [3.8, 4) is 11.5 Å². The van der Waals surface area contributed by atoms with Crippen LogP contribution in [0.1, 0.15) is 20.8 Å². The van der Waals surface area contributed by atoms with Crippen molar-refractivity contribution in [3.05, 3.63) is 22.7 Å². The molecule has 0 atom stereocenters. The van der Waals surface area contributed by atoms with E-state index < -0.39 is 11.4 Å². The lowest BCUT2D eigenvalue weighted by atomic mass is 9.95. The van der Waals surface area contributed by atoms with Crippen LogP contribution >= 0.6 is 15.9 Å². The number of halogens is 1. The monoisotopic (exact) mass is 316 g/mol. The molecule has 100 valence electrons. The highest BCUT2D eigenvalue weighted by Gasteiger charge is 2.28. The summed E-state index contributed by atoms with van der Waals surface area (Å²) in [5.74, 6) is 0.264. The third-order valence-corrected chi connectivity index (χ3v) is 2.87. The van der Waals surface area contributed by atoms with E-state index in [-0.39, 0.29) is 6.61 Å². The molecule has 0 aliphatic rings. The Hall–Kier alpha value is -1.23. The van der Waals surface area contributed by atoms with E-state index in [2.05, 4.69) is 15.9 Å². The average molecular weight is 317 g/mol. The Bertz CT molecular complexity index is 429. The maximum atomic E-state index is 11.0. The summed E-state index contributed by atoms with van der Waals surface area (Å²) >= 11 is 3.35. The van der Waals surface area contributed by atoms with Gasteiger partial charge in [0.2, 0.25) is 0 Å². The van der Waals surface area contributed by atoms with Gasteiger partial charge in [0.25, 0.3) is 0 Å². The van der Waals surface area contributed by atoms with Gasteiger partial charge in [-0.3, -0.25) is 4.79 Å². The minimum atomic E-state index is -0.934. The Morgan fingerprint density at radius 3 is 2.56 bits per heavy atom. The van der Waals surface area contributed by atoms with Gasteiger partial charge in [-0.15, -0.1) is 0 Å². The molecule has 0 aromatic heterocycles. The first-order valence-corrected chi connectivity index (χ1v) is 6.44. The lowest BCUT2D eigenvalue weighted by Crippen LogP contribution is -2.30. The first kappa shape index (κ1) is 14.8. The minimum absolute atomic E-state index is 0.0873. The molecule has 1 aromatic rings. The second-order valence-electron chi connectivity index (χ2n) is 4.50. The lowest BCUT2D eigenvalue weighted by Gasteiger charge is -2.20. The fourth-order valence-electron chi connectivity index (χ4n) is 1.19. The van der Waals surface area contributed by atoms with Crippen molar-refractivity contribution in [1.29, 1.82) is 0 Å². The summed E-state index contributed by atoms with van der Waals surface area (Å²) in [6, 6.07) is 5.38. The molecule has 0 spiro atoms. The zero-order valence-corrected chi connectivity index (χ0v) is 12.3. The maximum Gasteiger partial charge on any atom is 0.312 e. The average Bonchev–Trinajstić information content (AvgIpc) is 2.28. The Morgan fingerprint density at radius 2 is 2.00 bits per heavy atom.